The molecule has 216 valence electrons. The number of aryl methyl sites for hydroxylation is 1. The van der Waals surface area contributed by atoms with Gasteiger partial charge in [-0.05, 0) is 31.2 Å². The van der Waals surface area contributed by atoms with Crippen LogP contribution in [0.5, 0.6) is 11.8 Å². The number of fused-ring (bicyclic) bond motifs is 2. The number of pyridine rings is 2. The number of amides is 2. The Kier molecular flexibility index (Phi) is 6.71. The molecule has 0 radical (unpaired) electrons. The Morgan fingerprint density at radius 1 is 1.10 bits per heavy atom. The Morgan fingerprint density at radius 3 is 2.50 bits per heavy atom. The molecule has 9 nitrogen and oxygen atoms in total. The number of nitrogens with zero attached hydrogens (tertiary/aromatic N) is 5. The number of aromatic nitrogens is 4. The molecule has 0 aliphatic carbocycles. The molecule has 1 N–H and O–H groups in total. The number of benzene rings is 1. The van der Waals surface area contributed by atoms with Crippen molar-refractivity contribution in [3.63, 3.8) is 0 Å². The van der Waals surface area contributed by atoms with Crippen LogP contribution in [0, 0.1) is 18.2 Å². The molecule has 1 saturated heterocycles. The molecule has 42 heavy (non-hydrogen) atoms. The Hall–Kier alpha value is -4.39. The van der Waals surface area contributed by atoms with E-state index >= 15 is 4.39 Å². The van der Waals surface area contributed by atoms with E-state index < -0.39 is 41.9 Å². The lowest BCUT2D eigenvalue weighted by atomic mass is 9.70. The number of halogens is 3. The molecule has 5 heterocycles. The van der Waals surface area contributed by atoms with E-state index in [0.717, 1.165) is 11.0 Å². The highest BCUT2D eigenvalue weighted by Gasteiger charge is 2.45. The first-order valence-corrected chi connectivity index (χ1v) is 14.0. The van der Waals surface area contributed by atoms with Crippen molar-refractivity contribution < 1.29 is 27.5 Å². The summed E-state index contributed by atoms with van der Waals surface area (Å²) >= 11 is 1.21. The number of ether oxygens (including phenoxy) is 1. The van der Waals surface area contributed by atoms with Crippen LogP contribution >= 0.6 is 11.3 Å². The Morgan fingerprint density at radius 2 is 1.83 bits per heavy atom. The highest BCUT2D eigenvalue weighted by molar-refractivity contribution is 7.13. The van der Waals surface area contributed by atoms with E-state index in [2.05, 4.69) is 25.5 Å². The highest BCUT2D eigenvalue weighted by Crippen LogP contribution is 2.51. The third-order valence-corrected chi connectivity index (χ3v) is 8.18. The third kappa shape index (κ3) is 4.97. The van der Waals surface area contributed by atoms with Gasteiger partial charge in [-0.15, -0.1) is 10.2 Å². The van der Waals surface area contributed by atoms with Crippen LogP contribution in [0.15, 0.2) is 48.0 Å². The molecule has 0 saturated carbocycles. The normalized spacial score (nSPS) is 17.3. The van der Waals surface area contributed by atoms with Gasteiger partial charge in [0.25, 0.3) is 11.8 Å². The average Bonchev–Trinajstić information content (AvgIpc) is 3.59. The van der Waals surface area contributed by atoms with E-state index in [1.807, 2.05) is 32.9 Å². The molecule has 0 unspecified atom stereocenters. The van der Waals surface area contributed by atoms with Crippen LogP contribution in [0.3, 0.4) is 0 Å². The second kappa shape index (κ2) is 10.2. The molecule has 0 bridgehead atoms. The Balaban J connectivity index is 1.34. The summed E-state index contributed by atoms with van der Waals surface area (Å²) in [6, 6.07) is 11.1. The Labute approximate surface area is 242 Å². The second-order valence-electron chi connectivity index (χ2n) is 10.9. The van der Waals surface area contributed by atoms with Gasteiger partial charge in [0.2, 0.25) is 22.8 Å². The van der Waals surface area contributed by atoms with Crippen LogP contribution in [-0.2, 0) is 4.79 Å². The van der Waals surface area contributed by atoms with E-state index in [9.17, 15) is 18.4 Å². The van der Waals surface area contributed by atoms with Gasteiger partial charge in [-0.3, -0.25) is 9.59 Å². The summed E-state index contributed by atoms with van der Waals surface area (Å²) < 4.78 is 48.4. The van der Waals surface area contributed by atoms with Gasteiger partial charge < -0.3 is 15.0 Å². The maximum atomic E-state index is 15.1. The number of anilines is 1. The fourth-order valence-corrected chi connectivity index (χ4v) is 5.78. The van der Waals surface area contributed by atoms with Crippen molar-refractivity contribution in [3.8, 4) is 23.0 Å². The predicted molar refractivity (Wildman–Crippen MR) is 148 cm³/mol. The summed E-state index contributed by atoms with van der Waals surface area (Å²) in [5.41, 5.74) is 2.98. The van der Waals surface area contributed by atoms with Crippen LogP contribution < -0.4 is 10.1 Å². The third-order valence-electron chi connectivity index (χ3n) is 7.57. The number of carbonyl (C=O) groups is 2. The zero-order valence-electron chi connectivity index (χ0n) is 22.8. The van der Waals surface area contributed by atoms with Crippen molar-refractivity contribution in [2.24, 2.45) is 5.41 Å². The van der Waals surface area contributed by atoms with Gasteiger partial charge in [0.15, 0.2) is 0 Å². The van der Waals surface area contributed by atoms with Crippen molar-refractivity contribution >= 4 is 28.3 Å². The molecular formula is C29H25F3N6O3S. The summed E-state index contributed by atoms with van der Waals surface area (Å²) in [5.74, 6) is -4.88. The standard InChI is InChI=1S/C29H25F3N6O3S/c1-15-4-6-18-22(28(2,3)26(40)36-27-37-33-14-42-27)19-8-9-21(35-24(19)41-23(18)34-15)16-5-7-17(20(30)12-16)25(39)38-11-10-29(31,32)13-38/h4-9,12,14,22H,10-11,13H2,1-3H3,(H,36,37,40)/t22-/m0/s1. The van der Waals surface area contributed by atoms with Crippen molar-refractivity contribution in [1.29, 1.82) is 0 Å². The zero-order valence-corrected chi connectivity index (χ0v) is 23.6. The first-order chi connectivity index (χ1) is 19.9. The monoisotopic (exact) mass is 594 g/mol. The lowest BCUT2D eigenvalue weighted by molar-refractivity contribution is -0.124. The topological polar surface area (TPSA) is 110 Å². The van der Waals surface area contributed by atoms with Crippen molar-refractivity contribution in [1.82, 2.24) is 25.1 Å². The van der Waals surface area contributed by atoms with E-state index in [0.29, 0.717) is 39.1 Å². The van der Waals surface area contributed by atoms with Crippen LogP contribution in [0.4, 0.5) is 18.3 Å². The highest BCUT2D eigenvalue weighted by atomic mass is 32.1. The predicted octanol–water partition coefficient (Wildman–Crippen LogP) is 5.83. The molecule has 2 amide bonds. The first kappa shape index (κ1) is 27.8. The van der Waals surface area contributed by atoms with E-state index in [1.54, 1.807) is 12.1 Å². The lowest BCUT2D eigenvalue weighted by Crippen LogP contribution is -2.38. The average molecular weight is 595 g/mol. The van der Waals surface area contributed by atoms with Crippen LogP contribution in [0.25, 0.3) is 11.3 Å². The van der Waals surface area contributed by atoms with E-state index in [1.165, 1.54) is 29.0 Å². The van der Waals surface area contributed by atoms with Crippen molar-refractivity contribution in [2.75, 3.05) is 18.4 Å². The summed E-state index contributed by atoms with van der Waals surface area (Å²) in [5, 5.41) is 10.9. The summed E-state index contributed by atoms with van der Waals surface area (Å²) in [7, 11) is 0. The summed E-state index contributed by atoms with van der Waals surface area (Å²) in [6.07, 6.45) is -0.448. The second-order valence-corrected chi connectivity index (χ2v) is 11.8. The SMILES string of the molecule is Cc1ccc2c(n1)Oc1nc(-c3ccc(C(=O)N4CCC(F)(F)C4)c(F)c3)ccc1[C@H]2C(C)(C)C(=O)Nc1nncs1. The molecule has 2 aliphatic heterocycles. The van der Waals surface area contributed by atoms with Crippen LogP contribution in [0.1, 0.15) is 53.4 Å². The van der Waals surface area contributed by atoms with Crippen LogP contribution in [0.2, 0.25) is 0 Å². The minimum Gasteiger partial charge on any atom is -0.420 e. The fraction of sp³-hybridized carbons (Fsp3) is 0.310. The Bertz CT molecular complexity index is 1710. The fourth-order valence-electron chi connectivity index (χ4n) is 5.34. The minimum atomic E-state index is -2.98. The van der Waals surface area contributed by atoms with Gasteiger partial charge in [0, 0.05) is 41.3 Å². The van der Waals surface area contributed by atoms with Crippen LogP contribution in [-0.4, -0.2) is 55.9 Å². The van der Waals surface area contributed by atoms with E-state index in [-0.39, 0.29) is 23.9 Å². The van der Waals surface area contributed by atoms with Crippen molar-refractivity contribution in [2.45, 2.75) is 39.0 Å². The molecule has 1 aromatic carbocycles. The van der Waals surface area contributed by atoms with E-state index in [4.69, 9.17) is 4.74 Å². The lowest BCUT2D eigenvalue weighted by Gasteiger charge is -2.37. The number of rotatable bonds is 5. The largest absolute Gasteiger partial charge is 0.420 e. The van der Waals surface area contributed by atoms with Crippen molar-refractivity contribution in [3.05, 3.63) is 76.2 Å². The zero-order chi connectivity index (χ0) is 29.8. The molecule has 6 rings (SSSR count). The molecule has 4 aromatic rings. The van der Waals surface area contributed by atoms with Gasteiger partial charge in [-0.25, -0.2) is 23.1 Å². The summed E-state index contributed by atoms with van der Waals surface area (Å²) in [6.45, 7) is 4.56. The molecule has 3 aromatic heterocycles. The number of hydrogen-bond acceptors (Lipinski definition) is 8. The van der Waals surface area contributed by atoms with Gasteiger partial charge >= 0.3 is 0 Å². The maximum absolute atomic E-state index is 15.1. The molecule has 0 spiro atoms. The first-order valence-electron chi connectivity index (χ1n) is 13.1. The summed E-state index contributed by atoms with van der Waals surface area (Å²) in [4.78, 5) is 36.3. The van der Waals surface area contributed by atoms with Gasteiger partial charge in [0.05, 0.1) is 23.2 Å². The number of hydrogen-bond donors (Lipinski definition) is 1. The smallest absolute Gasteiger partial charge is 0.267 e. The molecule has 1 fully saturated rings. The number of likely N-dealkylation sites (tertiary alicyclic amines) is 1. The molecule has 13 heteroatoms. The number of alkyl halides is 2. The molecule has 2 aliphatic rings. The molecular weight excluding hydrogens is 569 g/mol. The minimum absolute atomic E-state index is 0.137. The number of nitrogens with one attached hydrogen (secondary N) is 1. The van der Waals surface area contributed by atoms with Gasteiger partial charge in [-0.2, -0.15) is 0 Å². The number of carbonyl (C=O) groups excluding carboxylic acids is 2. The van der Waals surface area contributed by atoms with Gasteiger partial charge in [-0.1, -0.05) is 43.4 Å². The maximum Gasteiger partial charge on any atom is 0.267 e. The molecule has 1 atom stereocenters. The van der Waals surface area contributed by atoms with Gasteiger partial charge in [0.1, 0.15) is 11.3 Å². The quantitative estimate of drug-likeness (QED) is 0.310.